The third-order valence-electron chi connectivity index (χ3n) is 3.97. The van der Waals surface area contributed by atoms with Gasteiger partial charge in [0, 0.05) is 6.04 Å². The van der Waals surface area contributed by atoms with Crippen molar-refractivity contribution in [3.8, 4) is 5.75 Å². The zero-order valence-corrected chi connectivity index (χ0v) is 11.9. The van der Waals surface area contributed by atoms with Gasteiger partial charge in [0.05, 0.1) is 5.56 Å². The monoisotopic (exact) mass is 261 g/mol. The van der Waals surface area contributed by atoms with Gasteiger partial charge in [-0.15, -0.1) is 0 Å². The summed E-state index contributed by atoms with van der Waals surface area (Å²) in [5.41, 5.74) is 2.59. The summed E-state index contributed by atoms with van der Waals surface area (Å²) in [6.45, 7) is 6.61. The summed E-state index contributed by atoms with van der Waals surface area (Å²) in [4.78, 5) is 13.4. The molecular formula is C16H23NO2. The normalized spacial score (nSPS) is 17.7. The molecule has 0 heterocycles. The summed E-state index contributed by atoms with van der Waals surface area (Å²) in [5, 5.41) is 10.1. The number of hydrogen-bond donors (Lipinski definition) is 1. The minimum Gasteiger partial charge on any atom is -0.507 e. The molecule has 0 bridgehead atoms. The summed E-state index contributed by atoms with van der Waals surface area (Å²) in [5.74, 6) is 0.197. The van der Waals surface area contributed by atoms with E-state index in [0.29, 0.717) is 11.6 Å². The van der Waals surface area contributed by atoms with Crippen molar-refractivity contribution in [3.05, 3.63) is 28.8 Å². The number of benzene rings is 1. The first-order valence-electron chi connectivity index (χ1n) is 7.24. The van der Waals surface area contributed by atoms with E-state index < -0.39 is 0 Å². The number of carbonyl (C=O) groups excluding carboxylic acids is 1. The molecule has 1 atom stereocenters. The predicted molar refractivity (Wildman–Crippen MR) is 76.8 cm³/mol. The van der Waals surface area contributed by atoms with Crippen LogP contribution in [0.2, 0.25) is 0 Å². The van der Waals surface area contributed by atoms with Crippen molar-refractivity contribution in [1.29, 1.82) is 0 Å². The van der Waals surface area contributed by atoms with Gasteiger partial charge in [0.1, 0.15) is 5.75 Å². The van der Waals surface area contributed by atoms with Crippen LogP contribution in [-0.2, 0) is 12.8 Å². The molecule has 2 rings (SSSR count). The first kappa shape index (κ1) is 14.1. The van der Waals surface area contributed by atoms with E-state index in [1.54, 1.807) is 6.07 Å². The minimum atomic E-state index is 0.197. The first-order valence-corrected chi connectivity index (χ1v) is 7.24. The van der Waals surface area contributed by atoms with Crippen LogP contribution in [0.3, 0.4) is 0 Å². The molecule has 1 aliphatic carbocycles. The number of rotatable bonds is 6. The van der Waals surface area contributed by atoms with Crippen molar-refractivity contribution in [3.63, 3.8) is 0 Å². The molecule has 1 N–H and O–H groups in total. The van der Waals surface area contributed by atoms with Crippen LogP contribution in [0.5, 0.6) is 5.75 Å². The van der Waals surface area contributed by atoms with Gasteiger partial charge in [0.15, 0.2) is 6.29 Å². The van der Waals surface area contributed by atoms with Crippen molar-refractivity contribution in [2.24, 2.45) is 0 Å². The Morgan fingerprint density at radius 1 is 1.26 bits per heavy atom. The number of carbonyl (C=O) groups is 1. The lowest BCUT2D eigenvalue weighted by atomic mass is 10.1. The van der Waals surface area contributed by atoms with Gasteiger partial charge in [-0.3, -0.25) is 9.69 Å². The number of aromatic hydroxyl groups is 1. The Balaban J connectivity index is 2.19. The Hall–Kier alpha value is -1.35. The molecule has 3 nitrogen and oxygen atoms in total. The number of hydrogen-bond acceptors (Lipinski definition) is 3. The van der Waals surface area contributed by atoms with E-state index in [2.05, 4.69) is 18.7 Å². The van der Waals surface area contributed by atoms with Gasteiger partial charge in [-0.25, -0.2) is 0 Å². The number of aldehydes is 1. The number of phenolic OH excluding ortho intramolecular Hbond substituents is 1. The Morgan fingerprint density at radius 2 is 1.95 bits per heavy atom. The number of fused-ring (bicyclic) bond motifs is 1. The molecule has 0 aliphatic heterocycles. The maximum atomic E-state index is 10.9. The fourth-order valence-corrected chi connectivity index (χ4v) is 3.08. The van der Waals surface area contributed by atoms with Crippen LogP contribution in [0, 0.1) is 0 Å². The topological polar surface area (TPSA) is 40.5 Å². The van der Waals surface area contributed by atoms with E-state index in [0.717, 1.165) is 50.6 Å². The summed E-state index contributed by atoms with van der Waals surface area (Å²) >= 11 is 0. The van der Waals surface area contributed by atoms with Crippen molar-refractivity contribution in [2.45, 2.75) is 45.6 Å². The summed E-state index contributed by atoms with van der Waals surface area (Å²) in [7, 11) is 0. The molecule has 1 aromatic rings. The van der Waals surface area contributed by atoms with Gasteiger partial charge in [-0.2, -0.15) is 0 Å². The highest BCUT2D eigenvalue weighted by molar-refractivity contribution is 5.80. The van der Waals surface area contributed by atoms with Crippen LogP contribution in [0.15, 0.2) is 12.1 Å². The average Bonchev–Trinajstić information content (AvgIpc) is 2.84. The van der Waals surface area contributed by atoms with Crippen molar-refractivity contribution in [2.75, 3.05) is 13.1 Å². The third-order valence-corrected chi connectivity index (χ3v) is 3.97. The number of nitrogens with zero attached hydrogens (tertiary/aromatic N) is 1. The zero-order chi connectivity index (χ0) is 13.8. The second kappa shape index (κ2) is 6.20. The Labute approximate surface area is 115 Å². The van der Waals surface area contributed by atoms with Crippen molar-refractivity contribution >= 4 is 6.29 Å². The predicted octanol–water partition coefficient (Wildman–Crippen LogP) is 2.79. The molecule has 0 saturated carbocycles. The fourth-order valence-electron chi connectivity index (χ4n) is 3.08. The molecule has 0 unspecified atom stereocenters. The second-order valence-corrected chi connectivity index (χ2v) is 5.36. The molecule has 104 valence electrons. The quantitative estimate of drug-likeness (QED) is 0.800. The van der Waals surface area contributed by atoms with Gasteiger partial charge in [-0.05, 0) is 56.0 Å². The second-order valence-electron chi connectivity index (χ2n) is 5.36. The van der Waals surface area contributed by atoms with E-state index in [9.17, 15) is 9.90 Å². The molecule has 0 spiro atoms. The van der Waals surface area contributed by atoms with Crippen LogP contribution in [-0.4, -0.2) is 35.4 Å². The third kappa shape index (κ3) is 2.81. The zero-order valence-electron chi connectivity index (χ0n) is 11.9. The Morgan fingerprint density at radius 3 is 2.53 bits per heavy atom. The lowest BCUT2D eigenvalue weighted by molar-refractivity contribution is 0.112. The molecule has 0 saturated heterocycles. The standard InChI is InChI=1S/C16H23NO2/c1-3-7-17(8-4-2)14-9-12-5-6-13(11-18)16(19)15(12)10-14/h5-6,11,14,19H,3-4,7-10H2,1-2H3/t14-/m1/s1. The lowest BCUT2D eigenvalue weighted by Gasteiger charge is -2.27. The van der Waals surface area contributed by atoms with E-state index in [1.165, 1.54) is 5.56 Å². The largest absolute Gasteiger partial charge is 0.507 e. The van der Waals surface area contributed by atoms with Crippen LogP contribution >= 0.6 is 0 Å². The Kier molecular flexibility index (Phi) is 4.59. The maximum Gasteiger partial charge on any atom is 0.153 e. The van der Waals surface area contributed by atoms with Crippen molar-refractivity contribution < 1.29 is 9.90 Å². The number of phenols is 1. The van der Waals surface area contributed by atoms with Gasteiger partial charge >= 0.3 is 0 Å². The highest BCUT2D eigenvalue weighted by Crippen LogP contribution is 2.34. The molecule has 1 aromatic carbocycles. The van der Waals surface area contributed by atoms with Crippen molar-refractivity contribution in [1.82, 2.24) is 4.90 Å². The molecule has 1 aliphatic rings. The SMILES string of the molecule is CCCN(CCC)[C@@H]1Cc2ccc(C=O)c(O)c2C1. The van der Waals surface area contributed by atoms with Gasteiger partial charge < -0.3 is 5.11 Å². The smallest absolute Gasteiger partial charge is 0.153 e. The first-order chi connectivity index (χ1) is 9.21. The summed E-state index contributed by atoms with van der Waals surface area (Å²) in [6, 6.07) is 4.20. The Bertz CT molecular complexity index is 450. The molecule has 0 amide bonds. The van der Waals surface area contributed by atoms with Gasteiger partial charge in [-0.1, -0.05) is 19.9 Å². The molecular weight excluding hydrogens is 238 g/mol. The van der Waals surface area contributed by atoms with Crippen LogP contribution in [0.4, 0.5) is 0 Å². The average molecular weight is 261 g/mol. The summed E-state index contributed by atoms with van der Waals surface area (Å²) in [6.07, 6.45) is 4.89. The van der Waals surface area contributed by atoms with Crippen LogP contribution < -0.4 is 0 Å². The maximum absolute atomic E-state index is 10.9. The van der Waals surface area contributed by atoms with Crippen LogP contribution in [0.1, 0.15) is 48.2 Å². The molecule has 0 aromatic heterocycles. The molecule has 19 heavy (non-hydrogen) atoms. The lowest BCUT2D eigenvalue weighted by Crippen LogP contribution is -2.37. The van der Waals surface area contributed by atoms with E-state index >= 15 is 0 Å². The highest BCUT2D eigenvalue weighted by atomic mass is 16.3. The van der Waals surface area contributed by atoms with Gasteiger partial charge in [0.2, 0.25) is 0 Å². The van der Waals surface area contributed by atoms with E-state index in [1.807, 2.05) is 6.07 Å². The minimum absolute atomic E-state index is 0.197. The molecule has 0 fully saturated rings. The molecule has 0 radical (unpaired) electrons. The highest BCUT2D eigenvalue weighted by Gasteiger charge is 2.28. The van der Waals surface area contributed by atoms with E-state index in [4.69, 9.17) is 0 Å². The summed E-state index contributed by atoms with van der Waals surface area (Å²) < 4.78 is 0. The fraction of sp³-hybridized carbons (Fsp3) is 0.562. The van der Waals surface area contributed by atoms with Gasteiger partial charge in [0.25, 0.3) is 0 Å². The van der Waals surface area contributed by atoms with E-state index in [-0.39, 0.29) is 5.75 Å². The van der Waals surface area contributed by atoms with Crippen LogP contribution in [0.25, 0.3) is 0 Å². The molecule has 3 heteroatoms.